The van der Waals surface area contributed by atoms with Crippen molar-refractivity contribution in [3.8, 4) is 5.88 Å². The van der Waals surface area contributed by atoms with E-state index >= 15 is 0 Å². The van der Waals surface area contributed by atoms with Crippen LogP contribution in [0.5, 0.6) is 5.88 Å². The van der Waals surface area contributed by atoms with Crippen molar-refractivity contribution in [2.24, 2.45) is 0 Å². The van der Waals surface area contributed by atoms with Crippen molar-refractivity contribution < 1.29 is 9.47 Å². The first-order chi connectivity index (χ1) is 7.40. The SMILES string of the molecule is COCCCOc1ccc2cc[nH]c2n1. The zero-order chi connectivity index (χ0) is 10.5. The highest BCUT2D eigenvalue weighted by Gasteiger charge is 1.99. The van der Waals surface area contributed by atoms with E-state index in [4.69, 9.17) is 9.47 Å². The Morgan fingerprint density at radius 3 is 3.07 bits per heavy atom. The van der Waals surface area contributed by atoms with Gasteiger partial charge in [-0.2, -0.15) is 4.98 Å². The van der Waals surface area contributed by atoms with Gasteiger partial charge in [-0.25, -0.2) is 0 Å². The van der Waals surface area contributed by atoms with Gasteiger partial charge in [-0.05, 0) is 12.1 Å². The molecular formula is C11H14N2O2. The summed E-state index contributed by atoms with van der Waals surface area (Å²) in [5.41, 5.74) is 0.860. The first kappa shape index (κ1) is 9.98. The zero-order valence-corrected chi connectivity index (χ0v) is 8.69. The first-order valence-corrected chi connectivity index (χ1v) is 4.96. The molecule has 0 fully saturated rings. The summed E-state index contributed by atoms with van der Waals surface area (Å²) in [6.45, 7) is 1.35. The molecule has 0 spiro atoms. The van der Waals surface area contributed by atoms with Gasteiger partial charge in [-0.15, -0.1) is 0 Å². The third-order valence-electron chi connectivity index (χ3n) is 2.13. The van der Waals surface area contributed by atoms with Crippen molar-refractivity contribution in [2.45, 2.75) is 6.42 Å². The monoisotopic (exact) mass is 206 g/mol. The molecule has 0 aliphatic rings. The summed E-state index contributed by atoms with van der Waals surface area (Å²) in [5.74, 6) is 0.654. The van der Waals surface area contributed by atoms with Crippen LogP contribution >= 0.6 is 0 Å². The molecule has 0 unspecified atom stereocenters. The highest BCUT2D eigenvalue weighted by molar-refractivity contribution is 5.75. The summed E-state index contributed by atoms with van der Waals surface area (Å²) < 4.78 is 10.4. The number of aromatic nitrogens is 2. The quantitative estimate of drug-likeness (QED) is 0.761. The molecule has 0 saturated carbocycles. The van der Waals surface area contributed by atoms with Gasteiger partial charge in [-0.3, -0.25) is 0 Å². The normalized spacial score (nSPS) is 10.7. The Bertz CT molecular complexity index is 425. The fourth-order valence-electron chi connectivity index (χ4n) is 1.37. The third kappa shape index (κ3) is 2.47. The van der Waals surface area contributed by atoms with Crippen LogP contribution in [-0.4, -0.2) is 30.3 Å². The van der Waals surface area contributed by atoms with Gasteiger partial charge in [0.05, 0.1) is 6.61 Å². The van der Waals surface area contributed by atoms with Crippen LogP contribution in [-0.2, 0) is 4.74 Å². The van der Waals surface area contributed by atoms with Crippen LogP contribution in [0.2, 0.25) is 0 Å². The van der Waals surface area contributed by atoms with E-state index in [9.17, 15) is 0 Å². The number of ether oxygens (including phenoxy) is 2. The molecule has 0 bridgehead atoms. The number of aromatic amines is 1. The molecule has 0 aliphatic carbocycles. The van der Waals surface area contributed by atoms with E-state index in [-0.39, 0.29) is 0 Å². The Morgan fingerprint density at radius 1 is 1.27 bits per heavy atom. The number of pyridine rings is 1. The highest BCUT2D eigenvalue weighted by atomic mass is 16.5. The van der Waals surface area contributed by atoms with Crippen LogP contribution in [0.15, 0.2) is 24.4 Å². The molecule has 4 heteroatoms. The predicted octanol–water partition coefficient (Wildman–Crippen LogP) is 1.98. The second kappa shape index (κ2) is 4.79. The van der Waals surface area contributed by atoms with Gasteiger partial charge in [0.25, 0.3) is 0 Å². The second-order valence-electron chi connectivity index (χ2n) is 3.26. The molecule has 0 aliphatic heterocycles. The van der Waals surface area contributed by atoms with Crippen LogP contribution < -0.4 is 4.74 Å². The fourth-order valence-corrected chi connectivity index (χ4v) is 1.37. The van der Waals surface area contributed by atoms with Gasteiger partial charge in [0.15, 0.2) is 0 Å². The van der Waals surface area contributed by atoms with E-state index in [0.717, 1.165) is 17.5 Å². The number of fused-ring (bicyclic) bond motifs is 1. The van der Waals surface area contributed by atoms with E-state index in [1.54, 1.807) is 7.11 Å². The molecular weight excluding hydrogens is 192 g/mol. The minimum absolute atomic E-state index is 0.632. The minimum atomic E-state index is 0.632. The van der Waals surface area contributed by atoms with E-state index in [0.29, 0.717) is 19.1 Å². The topological polar surface area (TPSA) is 47.1 Å². The Kier molecular flexibility index (Phi) is 3.19. The number of rotatable bonds is 5. The minimum Gasteiger partial charge on any atom is -0.478 e. The summed E-state index contributed by atoms with van der Waals surface area (Å²) in [7, 11) is 1.68. The summed E-state index contributed by atoms with van der Waals surface area (Å²) in [4.78, 5) is 7.36. The van der Waals surface area contributed by atoms with Crippen molar-refractivity contribution in [3.05, 3.63) is 24.4 Å². The molecule has 0 radical (unpaired) electrons. The largest absolute Gasteiger partial charge is 0.478 e. The van der Waals surface area contributed by atoms with Crippen LogP contribution in [0.1, 0.15) is 6.42 Å². The van der Waals surface area contributed by atoms with Crippen molar-refractivity contribution >= 4 is 11.0 Å². The average molecular weight is 206 g/mol. The van der Waals surface area contributed by atoms with Gasteiger partial charge >= 0.3 is 0 Å². The molecule has 80 valence electrons. The molecule has 0 atom stereocenters. The lowest BCUT2D eigenvalue weighted by molar-refractivity contribution is 0.170. The van der Waals surface area contributed by atoms with Crippen LogP contribution in [0.4, 0.5) is 0 Å². The van der Waals surface area contributed by atoms with Crippen molar-refractivity contribution in [1.82, 2.24) is 9.97 Å². The lowest BCUT2D eigenvalue weighted by Crippen LogP contribution is -2.02. The van der Waals surface area contributed by atoms with Crippen molar-refractivity contribution in [3.63, 3.8) is 0 Å². The fraction of sp³-hybridized carbons (Fsp3) is 0.364. The first-order valence-electron chi connectivity index (χ1n) is 4.96. The van der Waals surface area contributed by atoms with E-state index in [2.05, 4.69) is 9.97 Å². The van der Waals surface area contributed by atoms with Crippen molar-refractivity contribution in [1.29, 1.82) is 0 Å². The molecule has 2 aromatic heterocycles. The molecule has 0 amide bonds. The highest BCUT2D eigenvalue weighted by Crippen LogP contribution is 2.14. The molecule has 0 aromatic carbocycles. The standard InChI is InChI=1S/C11H14N2O2/c1-14-7-2-8-15-10-4-3-9-5-6-12-11(9)13-10/h3-6H,2,7-8H2,1H3,(H,12,13). The van der Waals surface area contributed by atoms with E-state index < -0.39 is 0 Å². The Labute approximate surface area is 88.2 Å². The summed E-state index contributed by atoms with van der Waals surface area (Å²) in [6, 6.07) is 5.85. The van der Waals surface area contributed by atoms with Gasteiger partial charge in [0.1, 0.15) is 5.65 Å². The summed E-state index contributed by atoms with van der Waals surface area (Å²) in [6.07, 6.45) is 2.74. The van der Waals surface area contributed by atoms with Crippen molar-refractivity contribution in [2.75, 3.05) is 20.3 Å². The number of H-pyrrole nitrogens is 1. The molecule has 1 N–H and O–H groups in total. The molecule has 2 heterocycles. The molecule has 15 heavy (non-hydrogen) atoms. The average Bonchev–Trinajstić information content (AvgIpc) is 2.71. The number of hydrogen-bond donors (Lipinski definition) is 1. The Hall–Kier alpha value is -1.55. The summed E-state index contributed by atoms with van der Waals surface area (Å²) >= 11 is 0. The summed E-state index contributed by atoms with van der Waals surface area (Å²) in [5, 5.41) is 1.10. The molecule has 2 aromatic rings. The maximum absolute atomic E-state index is 5.47. The Morgan fingerprint density at radius 2 is 2.20 bits per heavy atom. The Balaban J connectivity index is 1.96. The zero-order valence-electron chi connectivity index (χ0n) is 8.69. The molecule has 2 rings (SSSR count). The molecule has 4 nitrogen and oxygen atoms in total. The van der Waals surface area contributed by atoms with Gasteiger partial charge in [0, 0.05) is 37.8 Å². The smallest absolute Gasteiger partial charge is 0.215 e. The van der Waals surface area contributed by atoms with E-state index in [1.165, 1.54) is 0 Å². The lowest BCUT2D eigenvalue weighted by atomic mass is 10.3. The van der Waals surface area contributed by atoms with Crippen LogP contribution in [0, 0.1) is 0 Å². The number of hydrogen-bond acceptors (Lipinski definition) is 3. The maximum atomic E-state index is 5.47. The third-order valence-corrected chi connectivity index (χ3v) is 2.13. The molecule has 0 saturated heterocycles. The number of nitrogens with one attached hydrogen (secondary N) is 1. The van der Waals surface area contributed by atoms with Crippen LogP contribution in [0.25, 0.3) is 11.0 Å². The number of nitrogens with zero attached hydrogens (tertiary/aromatic N) is 1. The maximum Gasteiger partial charge on any atom is 0.215 e. The van der Waals surface area contributed by atoms with E-state index in [1.807, 2.05) is 24.4 Å². The van der Waals surface area contributed by atoms with Gasteiger partial charge < -0.3 is 14.5 Å². The van der Waals surface area contributed by atoms with Gasteiger partial charge in [0.2, 0.25) is 5.88 Å². The predicted molar refractivity (Wildman–Crippen MR) is 58.1 cm³/mol. The van der Waals surface area contributed by atoms with Crippen LogP contribution in [0.3, 0.4) is 0 Å². The van der Waals surface area contributed by atoms with Gasteiger partial charge in [-0.1, -0.05) is 0 Å². The second-order valence-corrected chi connectivity index (χ2v) is 3.26. The number of methoxy groups -OCH3 is 1. The lowest BCUT2D eigenvalue weighted by Gasteiger charge is -2.04.